The Morgan fingerprint density at radius 1 is 1.05 bits per heavy atom. The van der Waals surface area contributed by atoms with Crippen LogP contribution in [0.2, 0.25) is 0 Å². The lowest BCUT2D eigenvalue weighted by Crippen LogP contribution is -2.25. The van der Waals surface area contributed by atoms with Crippen LogP contribution in [-0.4, -0.2) is 63.0 Å². The molecule has 0 radical (unpaired) electrons. The number of amides is 1. The maximum absolute atomic E-state index is 13.0. The van der Waals surface area contributed by atoms with Crippen molar-refractivity contribution in [3.63, 3.8) is 0 Å². The van der Waals surface area contributed by atoms with E-state index in [-0.39, 0.29) is 41.9 Å². The number of benzene rings is 2. The molecule has 11 heteroatoms. The third-order valence-corrected chi connectivity index (χ3v) is 10.2. The summed E-state index contributed by atoms with van der Waals surface area (Å²) in [5.74, 6) is 1.66. The molecule has 44 heavy (non-hydrogen) atoms. The Morgan fingerprint density at radius 2 is 1.95 bits per heavy atom. The van der Waals surface area contributed by atoms with Crippen molar-refractivity contribution in [2.45, 2.75) is 37.3 Å². The lowest BCUT2D eigenvalue weighted by Gasteiger charge is -2.31. The minimum absolute atomic E-state index is 0.102. The number of pyridine rings is 2. The molecule has 1 amide bonds. The molecular weight excluding hydrogens is 580 g/mol. The molecule has 0 spiro atoms. The molecule has 1 atom stereocenters. The van der Waals surface area contributed by atoms with Gasteiger partial charge in [0.25, 0.3) is 5.91 Å². The van der Waals surface area contributed by atoms with E-state index in [1.54, 1.807) is 18.3 Å². The van der Waals surface area contributed by atoms with Crippen LogP contribution in [0.5, 0.6) is 5.75 Å². The van der Waals surface area contributed by atoms with Gasteiger partial charge >= 0.3 is 0 Å². The minimum Gasteiger partial charge on any atom is -0.493 e. The first kappa shape index (κ1) is 28.7. The average Bonchev–Trinajstić information content (AvgIpc) is 3.52. The number of rotatable bonds is 7. The minimum atomic E-state index is -3.51. The van der Waals surface area contributed by atoms with E-state index in [1.165, 1.54) is 11.6 Å². The Kier molecular flexibility index (Phi) is 7.92. The molecule has 0 saturated carbocycles. The molecule has 1 saturated heterocycles. The fourth-order valence-corrected chi connectivity index (χ4v) is 7.33. The van der Waals surface area contributed by atoms with E-state index < -0.39 is 9.84 Å². The van der Waals surface area contributed by atoms with Crippen molar-refractivity contribution in [3.05, 3.63) is 83.2 Å². The van der Waals surface area contributed by atoms with Crippen molar-refractivity contribution in [1.82, 2.24) is 15.3 Å². The van der Waals surface area contributed by atoms with E-state index in [2.05, 4.69) is 33.4 Å². The van der Waals surface area contributed by atoms with Gasteiger partial charge in [-0.3, -0.25) is 9.78 Å². The highest BCUT2D eigenvalue weighted by atomic mass is 32.2. The third kappa shape index (κ3) is 5.99. The Balaban J connectivity index is 1.08. The number of ether oxygens (including phenoxy) is 3. The summed E-state index contributed by atoms with van der Waals surface area (Å²) in [6.45, 7) is 3.58. The van der Waals surface area contributed by atoms with Crippen LogP contribution in [0, 0.1) is 5.92 Å². The van der Waals surface area contributed by atoms with Gasteiger partial charge in [0.2, 0.25) is 0 Å². The summed E-state index contributed by atoms with van der Waals surface area (Å²) >= 11 is 0. The van der Waals surface area contributed by atoms with E-state index in [0.29, 0.717) is 23.8 Å². The molecule has 0 bridgehead atoms. The topological polar surface area (TPSA) is 120 Å². The third-order valence-electron chi connectivity index (χ3n) is 8.43. The van der Waals surface area contributed by atoms with Gasteiger partial charge in [-0.25, -0.2) is 13.4 Å². The molecule has 7 rings (SSSR count). The number of carbonyl (C=O) groups is 1. The van der Waals surface area contributed by atoms with Crippen LogP contribution in [0.3, 0.4) is 0 Å². The molecule has 5 heterocycles. The number of carbonyl (C=O) groups excluding carboxylic acids is 1. The highest BCUT2D eigenvalue weighted by Crippen LogP contribution is 2.36. The molecule has 3 aliphatic heterocycles. The highest BCUT2D eigenvalue weighted by molar-refractivity contribution is 7.91. The first-order valence-corrected chi connectivity index (χ1v) is 16.7. The van der Waals surface area contributed by atoms with Crippen LogP contribution < -0.4 is 15.0 Å². The SMILES string of the molecule is O=C(NCc1cc2nc(N3CCCc4ccc(OCC5CCOC5)cc43)ccc2cn1)c1ccc2c(c1)S(=O)(=O)CCOC2. The molecule has 3 aliphatic rings. The van der Waals surface area contributed by atoms with E-state index in [4.69, 9.17) is 19.2 Å². The number of aromatic nitrogens is 2. The van der Waals surface area contributed by atoms with Crippen molar-refractivity contribution < 1.29 is 27.4 Å². The van der Waals surface area contributed by atoms with E-state index in [0.717, 1.165) is 67.2 Å². The second-order valence-electron chi connectivity index (χ2n) is 11.5. The second kappa shape index (κ2) is 12.1. The largest absolute Gasteiger partial charge is 0.493 e. The summed E-state index contributed by atoms with van der Waals surface area (Å²) in [6.07, 6.45) is 4.82. The van der Waals surface area contributed by atoms with Crippen LogP contribution >= 0.6 is 0 Å². The predicted molar refractivity (Wildman–Crippen MR) is 165 cm³/mol. The summed E-state index contributed by atoms with van der Waals surface area (Å²) in [5.41, 5.74) is 4.65. The van der Waals surface area contributed by atoms with Crippen LogP contribution in [0.1, 0.15) is 40.0 Å². The lowest BCUT2D eigenvalue weighted by atomic mass is 10.0. The lowest BCUT2D eigenvalue weighted by molar-refractivity contribution is 0.0950. The fourth-order valence-electron chi connectivity index (χ4n) is 5.94. The van der Waals surface area contributed by atoms with Crippen LogP contribution in [-0.2, 0) is 38.9 Å². The number of nitrogens with zero attached hydrogens (tertiary/aromatic N) is 3. The smallest absolute Gasteiger partial charge is 0.251 e. The standard InChI is InChI=1S/C33H34N4O6S/c38-33(24-3-4-26-21-42-12-13-44(39,40)31(26)14-24)35-18-27-15-29-25(17-34-27)6-8-32(36-29)37-10-1-2-23-5-7-28(16-30(23)37)43-20-22-9-11-41-19-22/h3-8,14-17,22H,1-2,9-13,18-21H2,(H,35,38). The van der Waals surface area contributed by atoms with Crippen molar-refractivity contribution in [1.29, 1.82) is 0 Å². The second-order valence-corrected chi connectivity index (χ2v) is 13.6. The number of fused-ring (bicyclic) bond motifs is 3. The molecule has 1 unspecified atom stereocenters. The van der Waals surface area contributed by atoms with Gasteiger partial charge in [0.15, 0.2) is 9.84 Å². The molecule has 4 aromatic rings. The maximum Gasteiger partial charge on any atom is 0.251 e. The zero-order valence-corrected chi connectivity index (χ0v) is 25.1. The maximum atomic E-state index is 13.0. The molecule has 10 nitrogen and oxygen atoms in total. The summed E-state index contributed by atoms with van der Waals surface area (Å²) in [7, 11) is -3.51. The average molecular weight is 615 g/mol. The Bertz CT molecular complexity index is 1820. The van der Waals surface area contributed by atoms with Gasteiger partial charge in [0.1, 0.15) is 11.6 Å². The summed E-state index contributed by atoms with van der Waals surface area (Å²) in [4.78, 5) is 24.9. The van der Waals surface area contributed by atoms with Crippen LogP contribution in [0.25, 0.3) is 10.9 Å². The molecule has 1 fully saturated rings. The monoisotopic (exact) mass is 614 g/mol. The first-order valence-electron chi connectivity index (χ1n) is 15.0. The summed E-state index contributed by atoms with van der Waals surface area (Å²) in [5, 5.41) is 3.77. The summed E-state index contributed by atoms with van der Waals surface area (Å²) in [6, 6.07) is 16.9. The zero-order valence-electron chi connectivity index (χ0n) is 24.3. The van der Waals surface area contributed by atoms with Crippen molar-refractivity contribution >= 4 is 38.2 Å². The highest BCUT2D eigenvalue weighted by Gasteiger charge is 2.24. The van der Waals surface area contributed by atoms with Gasteiger partial charge in [-0.2, -0.15) is 0 Å². The molecule has 1 N–H and O–H groups in total. The van der Waals surface area contributed by atoms with Crippen molar-refractivity contribution in [2.75, 3.05) is 43.6 Å². The van der Waals surface area contributed by atoms with Crippen LogP contribution in [0.4, 0.5) is 11.5 Å². The molecule has 2 aromatic heterocycles. The number of hydrogen-bond donors (Lipinski definition) is 1. The number of nitrogens with one attached hydrogen (secondary N) is 1. The van der Waals surface area contributed by atoms with Gasteiger partial charge < -0.3 is 24.4 Å². The van der Waals surface area contributed by atoms with E-state index >= 15 is 0 Å². The summed E-state index contributed by atoms with van der Waals surface area (Å²) < 4.78 is 42.3. The Labute approximate surface area is 256 Å². The fraction of sp³-hybridized carbons (Fsp3) is 0.364. The Morgan fingerprint density at radius 3 is 2.84 bits per heavy atom. The first-order chi connectivity index (χ1) is 21.4. The van der Waals surface area contributed by atoms with E-state index in [9.17, 15) is 13.2 Å². The van der Waals surface area contributed by atoms with Gasteiger partial charge in [0, 0.05) is 48.0 Å². The Hall–Kier alpha value is -4.06. The van der Waals surface area contributed by atoms with Gasteiger partial charge in [-0.05, 0) is 66.8 Å². The number of sulfone groups is 1. The van der Waals surface area contributed by atoms with Crippen molar-refractivity contribution in [3.8, 4) is 5.75 Å². The molecule has 0 aliphatic carbocycles. The molecule has 228 valence electrons. The van der Waals surface area contributed by atoms with E-state index in [1.807, 2.05) is 18.2 Å². The molecule has 2 aromatic carbocycles. The quantitative estimate of drug-likeness (QED) is 0.324. The van der Waals surface area contributed by atoms with Crippen molar-refractivity contribution in [2.24, 2.45) is 5.92 Å². The predicted octanol–water partition coefficient (Wildman–Crippen LogP) is 4.36. The molecular formula is C33H34N4O6S. The normalized spacial score (nSPS) is 19.2. The van der Waals surface area contributed by atoms with Gasteiger partial charge in [0.05, 0.1) is 54.8 Å². The van der Waals surface area contributed by atoms with Crippen LogP contribution in [0.15, 0.2) is 65.7 Å². The number of hydrogen-bond acceptors (Lipinski definition) is 9. The number of aryl methyl sites for hydroxylation is 1. The number of anilines is 2. The zero-order chi connectivity index (χ0) is 30.1. The van der Waals surface area contributed by atoms with Gasteiger partial charge in [-0.15, -0.1) is 0 Å². The van der Waals surface area contributed by atoms with Gasteiger partial charge in [-0.1, -0.05) is 12.1 Å².